The summed E-state index contributed by atoms with van der Waals surface area (Å²) in [6.07, 6.45) is 6.73. The quantitative estimate of drug-likeness (QED) is 0.933. The molecule has 1 heterocycles. The second-order valence-corrected chi connectivity index (χ2v) is 6.50. The van der Waals surface area contributed by atoms with E-state index in [2.05, 4.69) is 9.97 Å². The van der Waals surface area contributed by atoms with Crippen LogP contribution < -0.4 is 4.74 Å². The molecule has 5 heteroatoms. The molecule has 116 valence electrons. The maximum absolute atomic E-state index is 9.95. The minimum Gasteiger partial charge on any atom is -0.487 e. The Morgan fingerprint density at radius 1 is 1.23 bits per heavy atom. The maximum atomic E-state index is 9.95. The fourth-order valence-corrected chi connectivity index (χ4v) is 2.87. The Balaban J connectivity index is 1.65. The van der Waals surface area contributed by atoms with E-state index in [1.165, 1.54) is 0 Å². The van der Waals surface area contributed by atoms with Crippen LogP contribution in [0.3, 0.4) is 0 Å². The summed E-state index contributed by atoms with van der Waals surface area (Å²) in [6.45, 7) is 1.88. The zero-order chi connectivity index (χ0) is 15.6. The van der Waals surface area contributed by atoms with E-state index in [-0.39, 0.29) is 6.10 Å². The molecule has 0 atom stereocenters. The lowest BCUT2D eigenvalue weighted by atomic mass is 9.85. The van der Waals surface area contributed by atoms with Gasteiger partial charge < -0.3 is 9.84 Å². The number of nitrogens with zero attached hydrogens (tertiary/aromatic N) is 2. The van der Waals surface area contributed by atoms with Gasteiger partial charge in [0.1, 0.15) is 0 Å². The van der Waals surface area contributed by atoms with Gasteiger partial charge in [0.2, 0.25) is 0 Å². The molecule has 0 amide bonds. The van der Waals surface area contributed by atoms with Crippen LogP contribution in [0.25, 0.3) is 11.4 Å². The van der Waals surface area contributed by atoms with Crippen LogP contribution >= 0.6 is 11.6 Å². The third-order valence-electron chi connectivity index (χ3n) is 4.02. The topological polar surface area (TPSA) is 55.2 Å². The molecule has 22 heavy (non-hydrogen) atoms. The third kappa shape index (κ3) is 3.76. The Kier molecular flexibility index (Phi) is 4.32. The molecule has 1 N–H and O–H groups in total. The Hall–Kier alpha value is -1.65. The van der Waals surface area contributed by atoms with Crippen molar-refractivity contribution in [3.63, 3.8) is 0 Å². The van der Waals surface area contributed by atoms with Crippen LogP contribution in [0, 0.1) is 0 Å². The van der Waals surface area contributed by atoms with Crippen molar-refractivity contribution in [3.8, 4) is 17.1 Å². The van der Waals surface area contributed by atoms with E-state index in [0.717, 1.165) is 31.2 Å². The predicted octanol–water partition coefficient (Wildman–Crippen LogP) is 3.87. The highest BCUT2D eigenvalue weighted by Gasteiger charge is 2.29. The number of halogens is 1. The number of hydrogen-bond acceptors (Lipinski definition) is 4. The second kappa shape index (κ2) is 6.23. The van der Waals surface area contributed by atoms with E-state index in [9.17, 15) is 5.11 Å². The first-order chi connectivity index (χ1) is 10.5. The van der Waals surface area contributed by atoms with Crippen LogP contribution in [0.5, 0.6) is 5.75 Å². The van der Waals surface area contributed by atoms with E-state index < -0.39 is 5.60 Å². The summed E-state index contributed by atoms with van der Waals surface area (Å²) in [6, 6.07) is 7.45. The Bertz CT molecular complexity index is 633. The minimum absolute atomic E-state index is 0.126. The molecule has 0 spiro atoms. The van der Waals surface area contributed by atoms with Crippen molar-refractivity contribution in [2.24, 2.45) is 0 Å². The molecule has 2 aromatic rings. The molecule has 4 nitrogen and oxygen atoms in total. The summed E-state index contributed by atoms with van der Waals surface area (Å²) in [5.41, 5.74) is 0.333. The molecule has 3 rings (SSSR count). The van der Waals surface area contributed by atoms with Crippen molar-refractivity contribution in [2.75, 3.05) is 0 Å². The van der Waals surface area contributed by atoms with Crippen LogP contribution in [-0.4, -0.2) is 26.8 Å². The predicted molar refractivity (Wildman–Crippen MR) is 86.0 cm³/mol. The third-order valence-corrected chi connectivity index (χ3v) is 4.26. The summed E-state index contributed by atoms with van der Waals surface area (Å²) in [4.78, 5) is 8.68. The molecule has 1 aliphatic carbocycles. The first-order valence-electron chi connectivity index (χ1n) is 7.49. The molecule has 1 aromatic heterocycles. The largest absolute Gasteiger partial charge is 0.487 e. The lowest BCUT2D eigenvalue weighted by Gasteiger charge is -2.32. The molecular formula is C17H19ClN2O2. The molecule has 0 radical (unpaired) electrons. The molecule has 0 bridgehead atoms. The van der Waals surface area contributed by atoms with Crippen molar-refractivity contribution >= 4 is 11.6 Å². The number of rotatable bonds is 3. The van der Waals surface area contributed by atoms with E-state index >= 15 is 0 Å². The number of aromatic nitrogens is 2. The molecule has 0 unspecified atom stereocenters. The average Bonchev–Trinajstić information content (AvgIpc) is 2.50. The maximum Gasteiger partial charge on any atom is 0.159 e. The van der Waals surface area contributed by atoms with Gasteiger partial charge in [0.05, 0.1) is 24.1 Å². The average molecular weight is 319 g/mol. The van der Waals surface area contributed by atoms with E-state index in [1.807, 2.05) is 31.2 Å². The number of ether oxygens (including phenoxy) is 1. The smallest absolute Gasteiger partial charge is 0.159 e. The van der Waals surface area contributed by atoms with Crippen LogP contribution in [0.15, 0.2) is 36.7 Å². The van der Waals surface area contributed by atoms with Gasteiger partial charge in [0.15, 0.2) is 11.6 Å². The van der Waals surface area contributed by atoms with Gasteiger partial charge in [-0.25, -0.2) is 9.97 Å². The summed E-state index contributed by atoms with van der Waals surface area (Å²) in [5, 5.41) is 10.6. The standard InChI is InChI=1S/C17H19ClN2O2/c1-17(21)7-5-14(6-8-17)22-15-10-19-16(20-11-15)12-3-2-4-13(18)9-12/h2-4,9-11,14,21H,5-8H2,1H3/t14-,17-. The SMILES string of the molecule is C[C@]1(O)CC[C@H](Oc2cnc(-c3cccc(Cl)c3)nc2)CC1. The summed E-state index contributed by atoms with van der Waals surface area (Å²) in [7, 11) is 0. The van der Waals surface area contributed by atoms with Gasteiger partial charge >= 0.3 is 0 Å². The molecule has 1 aliphatic rings. The van der Waals surface area contributed by atoms with Gasteiger partial charge in [-0.1, -0.05) is 23.7 Å². The molecular weight excluding hydrogens is 300 g/mol. The van der Waals surface area contributed by atoms with Crippen molar-refractivity contribution < 1.29 is 9.84 Å². The molecule has 0 aliphatic heterocycles. The van der Waals surface area contributed by atoms with Gasteiger partial charge in [-0.05, 0) is 44.7 Å². The summed E-state index contributed by atoms with van der Waals surface area (Å²) in [5.74, 6) is 1.29. The van der Waals surface area contributed by atoms with Crippen molar-refractivity contribution in [1.29, 1.82) is 0 Å². The fourth-order valence-electron chi connectivity index (χ4n) is 2.68. The highest BCUT2D eigenvalue weighted by molar-refractivity contribution is 6.30. The highest BCUT2D eigenvalue weighted by atomic mass is 35.5. The van der Waals surface area contributed by atoms with Crippen molar-refractivity contribution in [1.82, 2.24) is 9.97 Å². The number of hydrogen-bond donors (Lipinski definition) is 1. The monoisotopic (exact) mass is 318 g/mol. The normalized spacial score (nSPS) is 25.0. The Morgan fingerprint density at radius 3 is 2.55 bits per heavy atom. The minimum atomic E-state index is -0.549. The van der Waals surface area contributed by atoms with Crippen LogP contribution in [-0.2, 0) is 0 Å². The Morgan fingerprint density at radius 2 is 1.91 bits per heavy atom. The zero-order valence-electron chi connectivity index (χ0n) is 12.5. The van der Waals surface area contributed by atoms with E-state index in [4.69, 9.17) is 16.3 Å². The first kappa shape index (κ1) is 15.3. The molecule has 1 saturated carbocycles. The van der Waals surface area contributed by atoms with Gasteiger partial charge in [-0.2, -0.15) is 0 Å². The molecule has 0 saturated heterocycles. The summed E-state index contributed by atoms with van der Waals surface area (Å²) < 4.78 is 5.90. The lowest BCUT2D eigenvalue weighted by Crippen LogP contribution is -2.34. The Labute approximate surface area is 135 Å². The lowest BCUT2D eigenvalue weighted by molar-refractivity contribution is -0.0109. The van der Waals surface area contributed by atoms with Crippen LogP contribution in [0.2, 0.25) is 5.02 Å². The number of aliphatic hydroxyl groups is 1. The number of benzene rings is 1. The molecule has 1 fully saturated rings. The van der Waals surface area contributed by atoms with Gasteiger partial charge in [0.25, 0.3) is 0 Å². The van der Waals surface area contributed by atoms with Gasteiger partial charge in [0, 0.05) is 10.6 Å². The van der Waals surface area contributed by atoms with E-state index in [1.54, 1.807) is 12.4 Å². The fraction of sp³-hybridized carbons (Fsp3) is 0.412. The highest BCUT2D eigenvalue weighted by Crippen LogP contribution is 2.30. The summed E-state index contributed by atoms with van der Waals surface area (Å²) >= 11 is 5.98. The van der Waals surface area contributed by atoms with Crippen LogP contribution in [0.4, 0.5) is 0 Å². The molecule has 1 aromatic carbocycles. The van der Waals surface area contributed by atoms with Gasteiger partial charge in [-0.3, -0.25) is 0 Å². The second-order valence-electron chi connectivity index (χ2n) is 6.07. The zero-order valence-corrected chi connectivity index (χ0v) is 13.3. The van der Waals surface area contributed by atoms with Crippen molar-refractivity contribution in [3.05, 3.63) is 41.7 Å². The van der Waals surface area contributed by atoms with Gasteiger partial charge in [-0.15, -0.1) is 0 Å². The van der Waals surface area contributed by atoms with Crippen molar-refractivity contribution in [2.45, 2.75) is 44.3 Å². The van der Waals surface area contributed by atoms with Crippen LogP contribution in [0.1, 0.15) is 32.6 Å². The van der Waals surface area contributed by atoms with E-state index in [0.29, 0.717) is 16.6 Å². The first-order valence-corrected chi connectivity index (χ1v) is 7.87.